The predicted molar refractivity (Wildman–Crippen MR) is 55.9 cm³/mol. The molecule has 0 fully saturated rings. The van der Waals surface area contributed by atoms with E-state index in [2.05, 4.69) is 13.8 Å². The SMILES string of the molecule is CCCCCC(OCCC)C(C)O. The topological polar surface area (TPSA) is 29.5 Å². The zero-order valence-corrected chi connectivity index (χ0v) is 9.25. The summed E-state index contributed by atoms with van der Waals surface area (Å²) in [4.78, 5) is 0. The Morgan fingerprint density at radius 1 is 1.15 bits per heavy atom. The molecule has 13 heavy (non-hydrogen) atoms. The Morgan fingerprint density at radius 2 is 1.85 bits per heavy atom. The fourth-order valence-electron chi connectivity index (χ4n) is 1.33. The van der Waals surface area contributed by atoms with E-state index in [-0.39, 0.29) is 12.2 Å². The second-order valence-corrected chi connectivity index (χ2v) is 3.65. The molecule has 0 heterocycles. The first-order chi connectivity index (χ1) is 6.22. The maximum Gasteiger partial charge on any atom is 0.0831 e. The average Bonchev–Trinajstić information content (AvgIpc) is 2.10. The molecule has 2 atom stereocenters. The van der Waals surface area contributed by atoms with E-state index in [0.29, 0.717) is 0 Å². The number of unbranched alkanes of at least 4 members (excludes halogenated alkanes) is 2. The number of aliphatic hydroxyl groups excluding tert-OH is 1. The van der Waals surface area contributed by atoms with Gasteiger partial charge < -0.3 is 9.84 Å². The Bertz CT molecular complexity index is 102. The zero-order chi connectivity index (χ0) is 10.1. The molecule has 1 N–H and O–H groups in total. The molecule has 0 amide bonds. The van der Waals surface area contributed by atoms with Gasteiger partial charge in [-0.2, -0.15) is 0 Å². The summed E-state index contributed by atoms with van der Waals surface area (Å²) in [5.41, 5.74) is 0. The second-order valence-electron chi connectivity index (χ2n) is 3.65. The molecule has 0 aromatic carbocycles. The van der Waals surface area contributed by atoms with Gasteiger partial charge in [0.25, 0.3) is 0 Å². The van der Waals surface area contributed by atoms with Crippen LogP contribution in [0.25, 0.3) is 0 Å². The molecule has 0 saturated carbocycles. The van der Waals surface area contributed by atoms with Crippen LogP contribution in [-0.2, 0) is 4.74 Å². The lowest BCUT2D eigenvalue weighted by Crippen LogP contribution is -2.26. The van der Waals surface area contributed by atoms with Crippen LogP contribution in [0.3, 0.4) is 0 Å². The van der Waals surface area contributed by atoms with E-state index in [1.165, 1.54) is 12.8 Å². The normalized spacial score (nSPS) is 15.7. The van der Waals surface area contributed by atoms with Crippen LogP contribution in [0.5, 0.6) is 0 Å². The van der Waals surface area contributed by atoms with E-state index in [0.717, 1.165) is 25.9 Å². The van der Waals surface area contributed by atoms with Crippen molar-refractivity contribution in [1.29, 1.82) is 0 Å². The molecule has 0 spiro atoms. The number of aliphatic hydroxyl groups is 1. The maximum absolute atomic E-state index is 9.41. The second kappa shape index (κ2) is 8.52. The van der Waals surface area contributed by atoms with Gasteiger partial charge in [0.2, 0.25) is 0 Å². The van der Waals surface area contributed by atoms with Crippen molar-refractivity contribution in [3.05, 3.63) is 0 Å². The summed E-state index contributed by atoms with van der Waals surface area (Å²) in [5.74, 6) is 0. The Morgan fingerprint density at radius 3 is 2.31 bits per heavy atom. The molecule has 2 unspecified atom stereocenters. The predicted octanol–water partition coefficient (Wildman–Crippen LogP) is 2.74. The van der Waals surface area contributed by atoms with Crippen LogP contribution in [0, 0.1) is 0 Å². The van der Waals surface area contributed by atoms with Crippen LogP contribution in [0.15, 0.2) is 0 Å². The minimum absolute atomic E-state index is 0.0477. The van der Waals surface area contributed by atoms with Crippen LogP contribution >= 0.6 is 0 Å². The van der Waals surface area contributed by atoms with Crippen molar-refractivity contribution < 1.29 is 9.84 Å². The van der Waals surface area contributed by atoms with Crippen LogP contribution in [0.4, 0.5) is 0 Å². The lowest BCUT2D eigenvalue weighted by atomic mass is 10.1. The minimum Gasteiger partial charge on any atom is -0.391 e. The highest BCUT2D eigenvalue weighted by atomic mass is 16.5. The summed E-state index contributed by atoms with van der Waals surface area (Å²) in [6.07, 6.45) is 5.35. The van der Waals surface area contributed by atoms with E-state index < -0.39 is 0 Å². The minimum atomic E-state index is -0.330. The van der Waals surface area contributed by atoms with Crippen LogP contribution in [0.1, 0.15) is 52.9 Å². The molecule has 0 aromatic heterocycles. The quantitative estimate of drug-likeness (QED) is 0.593. The number of rotatable bonds is 8. The summed E-state index contributed by atoms with van der Waals surface area (Å²) < 4.78 is 5.55. The van der Waals surface area contributed by atoms with E-state index in [1.807, 2.05) is 6.92 Å². The first kappa shape index (κ1) is 12.9. The third-order valence-corrected chi connectivity index (χ3v) is 2.17. The molecule has 0 aromatic rings. The number of hydrogen-bond acceptors (Lipinski definition) is 2. The van der Waals surface area contributed by atoms with E-state index >= 15 is 0 Å². The van der Waals surface area contributed by atoms with Gasteiger partial charge >= 0.3 is 0 Å². The molecule has 0 rings (SSSR count). The van der Waals surface area contributed by atoms with Crippen LogP contribution in [-0.4, -0.2) is 23.9 Å². The highest BCUT2D eigenvalue weighted by molar-refractivity contribution is 4.64. The third-order valence-electron chi connectivity index (χ3n) is 2.17. The zero-order valence-electron chi connectivity index (χ0n) is 9.25. The van der Waals surface area contributed by atoms with Gasteiger partial charge in [-0.05, 0) is 19.8 Å². The van der Waals surface area contributed by atoms with Gasteiger partial charge in [0.15, 0.2) is 0 Å². The first-order valence-corrected chi connectivity index (χ1v) is 5.52. The molecule has 0 bridgehead atoms. The van der Waals surface area contributed by atoms with Crippen molar-refractivity contribution in [3.63, 3.8) is 0 Å². The highest BCUT2D eigenvalue weighted by Crippen LogP contribution is 2.10. The van der Waals surface area contributed by atoms with Gasteiger partial charge in [-0.1, -0.05) is 33.1 Å². The van der Waals surface area contributed by atoms with Gasteiger partial charge in [0.05, 0.1) is 12.2 Å². The van der Waals surface area contributed by atoms with Gasteiger partial charge in [-0.25, -0.2) is 0 Å². The molecule has 0 aliphatic heterocycles. The van der Waals surface area contributed by atoms with E-state index in [4.69, 9.17) is 4.74 Å². The van der Waals surface area contributed by atoms with E-state index in [1.54, 1.807) is 0 Å². The summed E-state index contributed by atoms with van der Waals surface area (Å²) >= 11 is 0. The molecular formula is C11H24O2. The molecule has 0 radical (unpaired) electrons. The van der Waals surface area contributed by atoms with E-state index in [9.17, 15) is 5.11 Å². The summed E-state index contributed by atoms with van der Waals surface area (Å²) in [6, 6.07) is 0. The first-order valence-electron chi connectivity index (χ1n) is 5.52. The molecule has 2 nitrogen and oxygen atoms in total. The Kier molecular flexibility index (Phi) is 8.46. The fraction of sp³-hybridized carbons (Fsp3) is 1.00. The van der Waals surface area contributed by atoms with Crippen molar-refractivity contribution in [3.8, 4) is 0 Å². The highest BCUT2D eigenvalue weighted by Gasteiger charge is 2.13. The van der Waals surface area contributed by atoms with Crippen LogP contribution in [0.2, 0.25) is 0 Å². The summed E-state index contributed by atoms with van der Waals surface area (Å²) in [6.45, 7) is 6.85. The van der Waals surface area contributed by atoms with Gasteiger partial charge in [0, 0.05) is 6.61 Å². The number of ether oxygens (including phenoxy) is 1. The van der Waals surface area contributed by atoms with Gasteiger partial charge in [-0.15, -0.1) is 0 Å². The molecule has 0 saturated heterocycles. The molecular weight excluding hydrogens is 164 g/mol. The van der Waals surface area contributed by atoms with Crippen molar-refractivity contribution >= 4 is 0 Å². The molecule has 2 heteroatoms. The largest absolute Gasteiger partial charge is 0.391 e. The van der Waals surface area contributed by atoms with Gasteiger partial charge in [0.1, 0.15) is 0 Å². The summed E-state index contributed by atoms with van der Waals surface area (Å²) in [5, 5.41) is 9.41. The van der Waals surface area contributed by atoms with Crippen LogP contribution < -0.4 is 0 Å². The Hall–Kier alpha value is -0.0800. The van der Waals surface area contributed by atoms with Crippen molar-refractivity contribution in [1.82, 2.24) is 0 Å². The Balaban J connectivity index is 3.54. The lowest BCUT2D eigenvalue weighted by Gasteiger charge is -2.20. The molecule has 0 aliphatic rings. The maximum atomic E-state index is 9.41. The lowest BCUT2D eigenvalue weighted by molar-refractivity contribution is -0.0343. The monoisotopic (exact) mass is 188 g/mol. The molecule has 0 aliphatic carbocycles. The summed E-state index contributed by atoms with van der Waals surface area (Å²) in [7, 11) is 0. The Labute approximate surface area is 82.3 Å². The fourth-order valence-corrected chi connectivity index (χ4v) is 1.33. The smallest absolute Gasteiger partial charge is 0.0831 e. The standard InChI is InChI=1S/C11H24O2/c1-4-6-7-8-11(10(3)12)13-9-5-2/h10-12H,4-9H2,1-3H3. The van der Waals surface area contributed by atoms with Gasteiger partial charge in [-0.3, -0.25) is 0 Å². The van der Waals surface area contributed by atoms with Crippen molar-refractivity contribution in [2.75, 3.05) is 6.61 Å². The van der Waals surface area contributed by atoms with Crippen molar-refractivity contribution in [2.45, 2.75) is 65.1 Å². The third kappa shape index (κ3) is 7.03. The molecule has 80 valence electrons. The number of hydrogen-bond donors (Lipinski definition) is 1. The van der Waals surface area contributed by atoms with Crippen molar-refractivity contribution in [2.24, 2.45) is 0 Å². The average molecular weight is 188 g/mol.